The Morgan fingerprint density at radius 3 is 1.02 bits per heavy atom. The topological polar surface area (TPSA) is 78.9 Å². The number of hydrogen-bond acceptors (Lipinski definition) is 6. The lowest BCUT2D eigenvalue weighted by atomic mass is 10.0. The molecule has 0 aliphatic heterocycles. The van der Waals surface area contributed by atoms with Gasteiger partial charge in [0.15, 0.2) is 6.10 Å². The SMILES string of the molecule is CC\C=C/C=C\C=C/C=C\C=C/CCCC(=O)OCC(COC(=O)CCCCCCC/C=C\CCCCCCCCCCC)OC(=O)CCCCCCCCCCCCCCCCCCC. The molecule has 0 radical (unpaired) electrons. The fraction of sp³-hybridized carbons (Fsp3) is 0.750. The van der Waals surface area contributed by atoms with Crippen molar-refractivity contribution in [3.05, 3.63) is 72.9 Å². The number of esters is 3. The Morgan fingerprint density at radius 2 is 0.621 bits per heavy atom. The number of allylic oxidation sites excluding steroid dienone is 12. The van der Waals surface area contributed by atoms with Crippen LogP contribution in [0, 0.1) is 0 Å². The third kappa shape index (κ3) is 51.8. The highest BCUT2D eigenvalue weighted by Gasteiger charge is 2.19. The van der Waals surface area contributed by atoms with E-state index in [0.717, 1.165) is 57.8 Å². The molecule has 0 heterocycles. The average molecular weight is 921 g/mol. The molecule has 0 aliphatic carbocycles. The van der Waals surface area contributed by atoms with Crippen LogP contribution < -0.4 is 0 Å². The molecule has 0 bridgehead atoms. The van der Waals surface area contributed by atoms with Gasteiger partial charge < -0.3 is 14.2 Å². The summed E-state index contributed by atoms with van der Waals surface area (Å²) in [5.74, 6) is -0.976. The lowest BCUT2D eigenvalue weighted by molar-refractivity contribution is -0.167. The highest BCUT2D eigenvalue weighted by atomic mass is 16.6. The molecule has 0 aromatic rings. The highest BCUT2D eigenvalue weighted by molar-refractivity contribution is 5.71. The zero-order chi connectivity index (χ0) is 47.9. The summed E-state index contributed by atoms with van der Waals surface area (Å²) >= 11 is 0. The molecular formula is C60H104O6. The quantitative estimate of drug-likeness (QED) is 0.0199. The normalized spacial score (nSPS) is 12.6. The van der Waals surface area contributed by atoms with Crippen molar-refractivity contribution in [2.24, 2.45) is 0 Å². The van der Waals surface area contributed by atoms with Gasteiger partial charge in [-0.3, -0.25) is 14.4 Å². The van der Waals surface area contributed by atoms with Crippen LogP contribution in [0.25, 0.3) is 0 Å². The van der Waals surface area contributed by atoms with Crippen molar-refractivity contribution in [1.82, 2.24) is 0 Å². The molecule has 6 heteroatoms. The molecule has 0 fully saturated rings. The number of unbranched alkanes of at least 4 members (excludes halogenated alkanes) is 31. The first-order valence-electron chi connectivity index (χ1n) is 28.0. The van der Waals surface area contributed by atoms with Crippen molar-refractivity contribution >= 4 is 17.9 Å². The molecule has 0 aromatic heterocycles. The molecule has 1 atom stereocenters. The summed E-state index contributed by atoms with van der Waals surface area (Å²) in [6.07, 6.45) is 69.0. The fourth-order valence-corrected chi connectivity index (χ4v) is 7.88. The first kappa shape index (κ1) is 62.8. The van der Waals surface area contributed by atoms with Crippen LogP contribution in [0.5, 0.6) is 0 Å². The number of ether oxygens (including phenoxy) is 3. The standard InChI is InChI=1S/C60H104O6/c1-4-7-10-13-16-19-22-25-27-29-31-32-35-38-41-44-47-50-53-59(62)65-56-57(55-64-58(61)52-49-46-43-40-37-34-24-21-18-15-12-9-6-3)66-60(63)54-51-48-45-42-39-36-33-30-28-26-23-20-17-14-11-8-5-2/h9,12,15,18,21,24,31-32,34,37,40,43,57H,4-8,10-11,13-14,16-17,19-20,22-23,25-30,33,35-36,38-39,41-42,44-56H2,1-3H3/b12-9-,18-15-,24-21-,32-31-,37-34-,43-40-. The first-order chi connectivity index (χ1) is 32.5. The van der Waals surface area contributed by atoms with Crippen LogP contribution in [0.4, 0.5) is 0 Å². The van der Waals surface area contributed by atoms with Gasteiger partial charge in [0.1, 0.15) is 13.2 Å². The predicted molar refractivity (Wildman–Crippen MR) is 284 cm³/mol. The van der Waals surface area contributed by atoms with Crippen molar-refractivity contribution in [1.29, 1.82) is 0 Å². The highest BCUT2D eigenvalue weighted by Crippen LogP contribution is 2.16. The molecule has 0 aromatic carbocycles. The molecule has 66 heavy (non-hydrogen) atoms. The summed E-state index contributed by atoms with van der Waals surface area (Å²) < 4.78 is 16.8. The number of rotatable bonds is 50. The van der Waals surface area contributed by atoms with Gasteiger partial charge in [-0.1, -0.05) is 267 Å². The molecule has 0 aliphatic rings. The lowest BCUT2D eigenvalue weighted by Crippen LogP contribution is -2.30. The van der Waals surface area contributed by atoms with Crippen LogP contribution in [-0.2, 0) is 28.6 Å². The van der Waals surface area contributed by atoms with E-state index in [2.05, 4.69) is 39.0 Å². The van der Waals surface area contributed by atoms with Crippen molar-refractivity contribution in [3.63, 3.8) is 0 Å². The molecule has 0 saturated heterocycles. The van der Waals surface area contributed by atoms with Crippen LogP contribution in [0.2, 0.25) is 0 Å². The zero-order valence-electron chi connectivity index (χ0n) is 43.4. The molecule has 6 nitrogen and oxygen atoms in total. The largest absolute Gasteiger partial charge is 0.462 e. The molecule has 380 valence electrons. The maximum Gasteiger partial charge on any atom is 0.306 e. The van der Waals surface area contributed by atoms with E-state index in [1.165, 1.54) is 167 Å². The van der Waals surface area contributed by atoms with E-state index < -0.39 is 6.10 Å². The third-order valence-corrected chi connectivity index (χ3v) is 12.1. The van der Waals surface area contributed by atoms with Crippen molar-refractivity contribution < 1.29 is 28.6 Å². The molecule has 0 N–H and O–H groups in total. The van der Waals surface area contributed by atoms with Gasteiger partial charge in [0.05, 0.1) is 0 Å². The Bertz CT molecular complexity index is 1240. The van der Waals surface area contributed by atoms with E-state index in [9.17, 15) is 14.4 Å². The van der Waals surface area contributed by atoms with Gasteiger partial charge in [-0.25, -0.2) is 0 Å². The van der Waals surface area contributed by atoms with E-state index >= 15 is 0 Å². The second kappa shape index (κ2) is 54.5. The average Bonchev–Trinajstić information content (AvgIpc) is 3.31. The van der Waals surface area contributed by atoms with Gasteiger partial charge >= 0.3 is 17.9 Å². The summed E-state index contributed by atoms with van der Waals surface area (Å²) in [5, 5.41) is 0. The van der Waals surface area contributed by atoms with E-state index in [-0.39, 0.29) is 37.5 Å². The Morgan fingerprint density at radius 1 is 0.318 bits per heavy atom. The third-order valence-electron chi connectivity index (χ3n) is 12.1. The van der Waals surface area contributed by atoms with Gasteiger partial charge in [0, 0.05) is 19.3 Å². The smallest absolute Gasteiger partial charge is 0.306 e. The molecular weight excluding hydrogens is 817 g/mol. The first-order valence-corrected chi connectivity index (χ1v) is 28.0. The molecule has 0 amide bonds. The molecule has 0 rings (SSSR count). The van der Waals surface area contributed by atoms with E-state index in [1.807, 2.05) is 54.7 Å². The Kier molecular flexibility index (Phi) is 51.9. The van der Waals surface area contributed by atoms with Crippen molar-refractivity contribution in [3.8, 4) is 0 Å². The van der Waals surface area contributed by atoms with Crippen LogP contribution in [0.3, 0.4) is 0 Å². The Hall–Kier alpha value is -3.15. The minimum absolute atomic E-state index is 0.100. The van der Waals surface area contributed by atoms with Gasteiger partial charge in [0.2, 0.25) is 0 Å². The maximum absolute atomic E-state index is 12.8. The summed E-state index contributed by atoms with van der Waals surface area (Å²) in [4.78, 5) is 38.1. The number of carbonyl (C=O) groups is 3. The molecule has 0 spiro atoms. The summed E-state index contributed by atoms with van der Waals surface area (Å²) in [7, 11) is 0. The minimum atomic E-state index is -0.805. The van der Waals surface area contributed by atoms with Gasteiger partial charge in [-0.05, 0) is 57.8 Å². The predicted octanol–water partition coefficient (Wildman–Crippen LogP) is 18.6. The zero-order valence-corrected chi connectivity index (χ0v) is 43.4. The van der Waals surface area contributed by atoms with Gasteiger partial charge in [-0.15, -0.1) is 0 Å². The minimum Gasteiger partial charge on any atom is -0.462 e. The van der Waals surface area contributed by atoms with E-state index in [0.29, 0.717) is 19.3 Å². The maximum atomic E-state index is 12.8. The van der Waals surface area contributed by atoms with Crippen molar-refractivity contribution in [2.75, 3.05) is 13.2 Å². The number of carbonyl (C=O) groups excluding carboxylic acids is 3. The van der Waals surface area contributed by atoms with E-state index in [1.54, 1.807) is 0 Å². The molecule has 1 unspecified atom stereocenters. The second-order valence-electron chi connectivity index (χ2n) is 18.6. The monoisotopic (exact) mass is 921 g/mol. The second-order valence-corrected chi connectivity index (χ2v) is 18.6. The summed E-state index contributed by atoms with van der Waals surface area (Å²) in [6, 6.07) is 0. The van der Waals surface area contributed by atoms with Crippen LogP contribution in [-0.4, -0.2) is 37.2 Å². The van der Waals surface area contributed by atoms with Crippen LogP contribution in [0.1, 0.15) is 271 Å². The van der Waals surface area contributed by atoms with Crippen molar-refractivity contribution in [2.45, 2.75) is 277 Å². The lowest BCUT2D eigenvalue weighted by Gasteiger charge is -2.18. The summed E-state index contributed by atoms with van der Waals surface area (Å²) in [6.45, 7) is 6.45. The number of hydrogen-bond donors (Lipinski definition) is 0. The molecule has 0 saturated carbocycles. The Labute approximate surface area is 408 Å². The Balaban J connectivity index is 4.43. The van der Waals surface area contributed by atoms with Crippen LogP contribution >= 0.6 is 0 Å². The van der Waals surface area contributed by atoms with E-state index in [4.69, 9.17) is 14.2 Å². The van der Waals surface area contributed by atoms with Crippen LogP contribution in [0.15, 0.2) is 72.9 Å². The summed E-state index contributed by atoms with van der Waals surface area (Å²) in [5.41, 5.74) is 0. The van der Waals surface area contributed by atoms with Gasteiger partial charge in [0.25, 0.3) is 0 Å². The fourth-order valence-electron chi connectivity index (χ4n) is 7.88. The van der Waals surface area contributed by atoms with Gasteiger partial charge in [-0.2, -0.15) is 0 Å².